The largest absolute Gasteiger partial charge is 0.495 e. The summed E-state index contributed by atoms with van der Waals surface area (Å²) in [5.74, 6) is 1.26. The first-order valence-electron chi connectivity index (χ1n) is 11.0. The highest BCUT2D eigenvalue weighted by atomic mass is 32.2. The van der Waals surface area contributed by atoms with Crippen LogP contribution < -0.4 is 23.8 Å². The van der Waals surface area contributed by atoms with Gasteiger partial charge in [0.05, 0.1) is 30.8 Å². The maximum absolute atomic E-state index is 13.5. The number of amides is 1. The molecule has 35 heavy (non-hydrogen) atoms. The van der Waals surface area contributed by atoms with Crippen molar-refractivity contribution in [3.63, 3.8) is 0 Å². The van der Waals surface area contributed by atoms with Crippen LogP contribution in [0.3, 0.4) is 0 Å². The van der Waals surface area contributed by atoms with E-state index >= 15 is 0 Å². The van der Waals surface area contributed by atoms with Gasteiger partial charge in [0.2, 0.25) is 0 Å². The first-order chi connectivity index (χ1) is 16.9. The van der Waals surface area contributed by atoms with Gasteiger partial charge < -0.3 is 19.5 Å². The number of benzene rings is 3. The zero-order chi connectivity index (χ0) is 24.8. The van der Waals surface area contributed by atoms with Gasteiger partial charge in [-0.15, -0.1) is 6.58 Å². The van der Waals surface area contributed by atoms with E-state index < -0.39 is 15.9 Å². The lowest BCUT2D eigenvalue weighted by Crippen LogP contribution is -2.40. The van der Waals surface area contributed by atoms with Crippen LogP contribution in [0.4, 0.5) is 5.69 Å². The first-order valence-corrected chi connectivity index (χ1v) is 12.4. The molecule has 0 saturated heterocycles. The zero-order valence-electron chi connectivity index (χ0n) is 19.2. The third kappa shape index (κ3) is 5.25. The number of rotatable bonds is 9. The Kier molecular flexibility index (Phi) is 7.26. The molecule has 1 aliphatic rings. The zero-order valence-corrected chi connectivity index (χ0v) is 20.0. The fourth-order valence-corrected chi connectivity index (χ4v) is 5.17. The second-order valence-electron chi connectivity index (χ2n) is 7.73. The van der Waals surface area contributed by atoms with Crippen LogP contribution in [0.5, 0.6) is 17.2 Å². The summed E-state index contributed by atoms with van der Waals surface area (Å²) < 4.78 is 45.2. The lowest BCUT2D eigenvalue weighted by molar-refractivity contribution is 0.0789. The molecule has 0 saturated carbocycles. The Balaban J connectivity index is 1.51. The molecule has 8 nitrogen and oxygen atoms in total. The molecule has 0 fully saturated rings. The molecule has 1 atom stereocenters. The van der Waals surface area contributed by atoms with Crippen molar-refractivity contribution in [2.24, 2.45) is 0 Å². The van der Waals surface area contributed by atoms with E-state index in [1.54, 1.807) is 36.4 Å². The number of hydrogen-bond acceptors (Lipinski definition) is 6. The van der Waals surface area contributed by atoms with Gasteiger partial charge in [-0.25, -0.2) is 8.42 Å². The van der Waals surface area contributed by atoms with E-state index in [1.807, 2.05) is 18.2 Å². The molecule has 1 heterocycles. The van der Waals surface area contributed by atoms with Crippen LogP contribution in [0.2, 0.25) is 0 Å². The lowest BCUT2D eigenvalue weighted by Gasteiger charge is -2.26. The van der Waals surface area contributed by atoms with E-state index in [-0.39, 0.29) is 29.7 Å². The van der Waals surface area contributed by atoms with Gasteiger partial charge in [-0.1, -0.05) is 36.4 Å². The molecule has 0 unspecified atom stereocenters. The standard InChI is InChI=1S/C26H26N2O6S/c1-3-15-28(22-11-4-5-12-23(22)32-2)35(30,31)21-10-8-9-19(16-21)26(29)27-17-20-18-33-24-13-6-7-14-25(24)34-20/h3-14,16,20H,1,15,17-18H2,2H3,(H,27,29)/t20-/m0/s1. The molecule has 0 bridgehead atoms. The number of methoxy groups -OCH3 is 1. The predicted molar refractivity (Wildman–Crippen MR) is 133 cm³/mol. The van der Waals surface area contributed by atoms with Gasteiger partial charge >= 0.3 is 0 Å². The van der Waals surface area contributed by atoms with Crippen molar-refractivity contribution in [1.29, 1.82) is 0 Å². The van der Waals surface area contributed by atoms with Crippen LogP contribution in [0, 0.1) is 0 Å². The van der Waals surface area contributed by atoms with Crippen molar-refractivity contribution in [3.8, 4) is 17.2 Å². The predicted octanol–water partition coefficient (Wildman–Crippen LogP) is 3.65. The Hall–Kier alpha value is -3.98. The van der Waals surface area contributed by atoms with Gasteiger partial charge in [0.1, 0.15) is 18.5 Å². The van der Waals surface area contributed by atoms with Crippen molar-refractivity contribution in [1.82, 2.24) is 5.32 Å². The minimum atomic E-state index is -4.02. The Bertz CT molecular complexity index is 1320. The molecule has 0 aromatic heterocycles. The molecule has 9 heteroatoms. The van der Waals surface area contributed by atoms with Crippen LogP contribution in [0.15, 0.2) is 90.3 Å². The summed E-state index contributed by atoms with van der Waals surface area (Å²) in [6.45, 7) is 4.21. The van der Waals surface area contributed by atoms with Crippen LogP contribution in [0.25, 0.3) is 0 Å². The molecule has 182 valence electrons. The molecule has 4 rings (SSSR count). The summed E-state index contributed by atoms with van der Waals surface area (Å²) in [6.07, 6.45) is 1.12. The molecule has 1 N–H and O–H groups in total. The minimum Gasteiger partial charge on any atom is -0.495 e. The number of anilines is 1. The maximum atomic E-state index is 13.5. The Morgan fingerprint density at radius 1 is 1.11 bits per heavy atom. The van der Waals surface area contributed by atoms with E-state index in [4.69, 9.17) is 14.2 Å². The van der Waals surface area contributed by atoms with E-state index in [2.05, 4.69) is 11.9 Å². The highest BCUT2D eigenvalue weighted by molar-refractivity contribution is 7.92. The lowest BCUT2D eigenvalue weighted by atomic mass is 10.2. The smallest absolute Gasteiger partial charge is 0.264 e. The monoisotopic (exact) mass is 494 g/mol. The van der Waals surface area contributed by atoms with Crippen molar-refractivity contribution in [3.05, 3.63) is 91.0 Å². The van der Waals surface area contributed by atoms with Crippen molar-refractivity contribution in [2.75, 3.05) is 31.1 Å². The summed E-state index contributed by atoms with van der Waals surface area (Å²) in [5, 5.41) is 2.79. The number of ether oxygens (including phenoxy) is 3. The summed E-state index contributed by atoms with van der Waals surface area (Å²) in [7, 11) is -2.54. The summed E-state index contributed by atoms with van der Waals surface area (Å²) in [6, 6.07) is 20.0. The van der Waals surface area contributed by atoms with Crippen molar-refractivity contribution >= 4 is 21.6 Å². The van der Waals surface area contributed by atoms with E-state index in [1.165, 1.54) is 35.7 Å². The quantitative estimate of drug-likeness (QED) is 0.457. The number of nitrogens with zero attached hydrogens (tertiary/aromatic N) is 1. The highest BCUT2D eigenvalue weighted by Gasteiger charge is 2.27. The highest BCUT2D eigenvalue weighted by Crippen LogP contribution is 2.33. The van der Waals surface area contributed by atoms with Crippen molar-refractivity contribution in [2.45, 2.75) is 11.0 Å². The second kappa shape index (κ2) is 10.5. The van der Waals surface area contributed by atoms with Crippen LogP contribution in [-0.2, 0) is 10.0 Å². The van der Waals surface area contributed by atoms with Gasteiger partial charge in [0.25, 0.3) is 15.9 Å². The molecular formula is C26H26N2O6S. The fourth-order valence-electron chi connectivity index (χ4n) is 3.68. The van der Waals surface area contributed by atoms with Gasteiger partial charge in [-0.3, -0.25) is 9.10 Å². The molecule has 0 radical (unpaired) electrons. The third-order valence-corrected chi connectivity index (χ3v) is 7.17. The summed E-state index contributed by atoms with van der Waals surface area (Å²) in [5.41, 5.74) is 0.585. The Labute approximate surface area is 204 Å². The number of para-hydroxylation sites is 4. The number of sulfonamides is 1. The van der Waals surface area contributed by atoms with E-state index in [9.17, 15) is 13.2 Å². The maximum Gasteiger partial charge on any atom is 0.264 e. The summed E-state index contributed by atoms with van der Waals surface area (Å²) >= 11 is 0. The average molecular weight is 495 g/mol. The third-order valence-electron chi connectivity index (χ3n) is 5.39. The number of carbonyl (C=O) groups is 1. The van der Waals surface area contributed by atoms with Gasteiger partial charge in [0.15, 0.2) is 11.5 Å². The Morgan fingerprint density at radius 3 is 2.63 bits per heavy atom. The molecule has 3 aromatic rings. The van der Waals surface area contributed by atoms with Gasteiger partial charge in [-0.05, 0) is 42.5 Å². The Morgan fingerprint density at radius 2 is 1.86 bits per heavy atom. The minimum absolute atomic E-state index is 0.0240. The first kappa shape index (κ1) is 24.2. The average Bonchev–Trinajstić information content (AvgIpc) is 2.90. The van der Waals surface area contributed by atoms with Crippen molar-refractivity contribution < 1.29 is 27.4 Å². The molecule has 1 amide bonds. The number of fused-ring (bicyclic) bond motifs is 1. The van der Waals surface area contributed by atoms with Crippen LogP contribution in [0.1, 0.15) is 10.4 Å². The fraction of sp³-hybridized carbons (Fsp3) is 0.192. The summed E-state index contributed by atoms with van der Waals surface area (Å²) in [4.78, 5) is 12.8. The number of carbonyl (C=O) groups excluding carboxylic acids is 1. The SMILES string of the molecule is C=CCN(c1ccccc1OC)S(=O)(=O)c1cccc(C(=O)NC[C@H]2COc3ccccc3O2)c1. The number of hydrogen-bond donors (Lipinski definition) is 1. The number of nitrogens with one attached hydrogen (secondary N) is 1. The van der Waals surface area contributed by atoms with Gasteiger partial charge in [-0.2, -0.15) is 0 Å². The van der Waals surface area contributed by atoms with E-state index in [0.717, 1.165) is 0 Å². The normalized spacial score (nSPS) is 14.6. The molecular weight excluding hydrogens is 468 g/mol. The molecule has 0 aliphatic carbocycles. The molecule has 1 aliphatic heterocycles. The molecule has 3 aromatic carbocycles. The van der Waals surface area contributed by atoms with E-state index in [0.29, 0.717) is 29.5 Å². The second-order valence-corrected chi connectivity index (χ2v) is 9.59. The van der Waals surface area contributed by atoms with Crippen LogP contribution >= 0.6 is 0 Å². The van der Waals surface area contributed by atoms with Gasteiger partial charge in [0, 0.05) is 5.56 Å². The molecule has 0 spiro atoms. The topological polar surface area (TPSA) is 94.2 Å². The van der Waals surface area contributed by atoms with Crippen LogP contribution in [-0.4, -0.2) is 47.2 Å².